The topological polar surface area (TPSA) is 143 Å². The first-order valence-corrected chi connectivity index (χ1v) is 13.7. The normalized spacial score (nSPS) is 14.2. The lowest BCUT2D eigenvalue weighted by molar-refractivity contribution is -0.142. The number of aromatic amines is 1. The quantitative estimate of drug-likeness (QED) is 0.202. The molecule has 4 N–H and O–H groups in total. The molecule has 1 aliphatic rings. The summed E-state index contributed by atoms with van der Waals surface area (Å²) >= 11 is 0. The van der Waals surface area contributed by atoms with E-state index in [2.05, 4.69) is 20.6 Å². The Bertz CT molecular complexity index is 1480. The molecule has 0 unspecified atom stereocenters. The van der Waals surface area contributed by atoms with Crippen molar-refractivity contribution in [1.29, 1.82) is 0 Å². The minimum absolute atomic E-state index is 0.0159. The van der Waals surface area contributed by atoms with E-state index >= 15 is 0 Å². The zero-order valence-corrected chi connectivity index (χ0v) is 23.0. The average molecular weight is 569 g/mol. The zero-order chi connectivity index (χ0) is 29.5. The van der Waals surface area contributed by atoms with Crippen molar-refractivity contribution < 1.29 is 29.0 Å². The van der Waals surface area contributed by atoms with Crippen LogP contribution in [0.15, 0.2) is 91.4 Å². The monoisotopic (exact) mass is 568 g/mol. The van der Waals surface area contributed by atoms with Gasteiger partial charge in [0.05, 0.1) is 19.0 Å². The number of H-pyrrole nitrogens is 1. The van der Waals surface area contributed by atoms with Gasteiger partial charge in [0.2, 0.25) is 5.91 Å². The number of benzene rings is 3. The number of hydrogen-bond acceptors (Lipinski definition) is 6. The number of ether oxygens (including phenoxy) is 2. The summed E-state index contributed by atoms with van der Waals surface area (Å²) in [5.74, 6) is -2.10. The van der Waals surface area contributed by atoms with Gasteiger partial charge in [0.25, 0.3) is 0 Å². The highest BCUT2D eigenvalue weighted by Crippen LogP contribution is 2.44. The summed E-state index contributed by atoms with van der Waals surface area (Å²) in [4.78, 5) is 45.2. The van der Waals surface area contributed by atoms with Crippen LogP contribution in [0.25, 0.3) is 11.1 Å². The lowest BCUT2D eigenvalue weighted by Crippen LogP contribution is -2.56. The van der Waals surface area contributed by atoms with Crippen molar-refractivity contribution in [2.45, 2.75) is 44.1 Å². The Morgan fingerprint density at radius 1 is 0.929 bits per heavy atom. The van der Waals surface area contributed by atoms with E-state index < -0.39 is 36.2 Å². The van der Waals surface area contributed by atoms with E-state index in [4.69, 9.17) is 9.47 Å². The van der Waals surface area contributed by atoms with Crippen LogP contribution < -0.4 is 10.6 Å². The third kappa shape index (κ3) is 6.67. The summed E-state index contributed by atoms with van der Waals surface area (Å²) in [6.07, 6.45) is 1.27. The van der Waals surface area contributed by atoms with Crippen LogP contribution in [0.4, 0.5) is 4.79 Å². The fraction of sp³-hybridized carbons (Fsp3) is 0.250. The first kappa shape index (κ1) is 28.6. The third-order valence-corrected chi connectivity index (χ3v) is 7.32. The molecule has 4 aromatic rings. The first-order valence-electron chi connectivity index (χ1n) is 13.7. The molecule has 1 heterocycles. The molecule has 0 fully saturated rings. The van der Waals surface area contributed by atoms with Crippen LogP contribution in [-0.2, 0) is 32.1 Å². The minimum atomic E-state index is -1.26. The number of carbonyl (C=O) groups is 3. The fourth-order valence-corrected chi connectivity index (χ4v) is 5.14. The van der Waals surface area contributed by atoms with E-state index in [9.17, 15) is 19.5 Å². The van der Waals surface area contributed by atoms with Gasteiger partial charge in [-0.05, 0) is 34.7 Å². The SMILES string of the molecule is C[C@H](OCc1ccccc1)[C@@H](NC(=O)OCC1c2ccccc2-c2ccccc21)C(=O)N[C@H](Cc1cnc[nH]1)C(=O)O. The molecule has 0 spiro atoms. The number of alkyl carbamates (subject to hydrolysis) is 1. The van der Waals surface area contributed by atoms with Crippen LogP contribution in [0.2, 0.25) is 0 Å². The van der Waals surface area contributed by atoms with Gasteiger partial charge < -0.3 is 30.2 Å². The van der Waals surface area contributed by atoms with Crippen LogP contribution in [-0.4, -0.2) is 57.8 Å². The van der Waals surface area contributed by atoms with Crippen molar-refractivity contribution in [3.63, 3.8) is 0 Å². The number of nitrogens with zero attached hydrogens (tertiary/aromatic N) is 1. The molecule has 0 saturated carbocycles. The summed E-state index contributed by atoms with van der Waals surface area (Å²) in [5.41, 5.74) is 5.73. The van der Waals surface area contributed by atoms with E-state index in [0.29, 0.717) is 5.69 Å². The van der Waals surface area contributed by atoms with Crippen molar-refractivity contribution in [3.05, 3.63) is 114 Å². The number of imidazole rings is 1. The molecule has 3 atom stereocenters. The number of fused-ring (bicyclic) bond motifs is 3. The zero-order valence-electron chi connectivity index (χ0n) is 23.0. The van der Waals surface area contributed by atoms with Gasteiger partial charge in [-0.15, -0.1) is 0 Å². The molecule has 10 nitrogen and oxygen atoms in total. The Labute approximate surface area is 243 Å². The van der Waals surface area contributed by atoms with Gasteiger partial charge in [-0.1, -0.05) is 78.9 Å². The number of aliphatic carboxylic acids is 1. The molecule has 3 aromatic carbocycles. The number of aromatic nitrogens is 2. The van der Waals surface area contributed by atoms with E-state index in [1.54, 1.807) is 6.92 Å². The average Bonchev–Trinajstić information content (AvgIpc) is 3.63. The van der Waals surface area contributed by atoms with Crippen LogP contribution in [0.3, 0.4) is 0 Å². The summed E-state index contributed by atoms with van der Waals surface area (Å²) in [6, 6.07) is 22.9. The Hall–Kier alpha value is -4.96. The van der Waals surface area contributed by atoms with Crippen molar-refractivity contribution in [1.82, 2.24) is 20.6 Å². The molecule has 2 amide bonds. The second-order valence-corrected chi connectivity index (χ2v) is 10.1. The van der Waals surface area contributed by atoms with E-state index in [-0.39, 0.29) is 25.6 Å². The molecule has 1 aromatic heterocycles. The molecule has 42 heavy (non-hydrogen) atoms. The van der Waals surface area contributed by atoms with E-state index in [1.807, 2.05) is 78.9 Å². The van der Waals surface area contributed by atoms with E-state index in [0.717, 1.165) is 27.8 Å². The van der Waals surface area contributed by atoms with Crippen molar-refractivity contribution in [2.75, 3.05) is 6.61 Å². The highest BCUT2D eigenvalue weighted by molar-refractivity contribution is 5.90. The lowest BCUT2D eigenvalue weighted by atomic mass is 9.98. The van der Waals surface area contributed by atoms with Gasteiger partial charge in [-0.2, -0.15) is 0 Å². The van der Waals surface area contributed by atoms with Gasteiger partial charge in [0.1, 0.15) is 18.7 Å². The van der Waals surface area contributed by atoms with Gasteiger partial charge in [-0.25, -0.2) is 14.6 Å². The Morgan fingerprint density at radius 3 is 2.19 bits per heavy atom. The smallest absolute Gasteiger partial charge is 0.407 e. The number of amides is 2. The summed E-state index contributed by atoms with van der Waals surface area (Å²) in [5, 5.41) is 14.9. The maximum Gasteiger partial charge on any atom is 0.407 e. The molecular weight excluding hydrogens is 536 g/mol. The molecule has 0 bridgehead atoms. The predicted octanol–water partition coefficient (Wildman–Crippen LogP) is 4.03. The molecule has 0 radical (unpaired) electrons. The number of carbonyl (C=O) groups excluding carboxylic acids is 2. The summed E-state index contributed by atoms with van der Waals surface area (Å²) in [7, 11) is 0. The van der Waals surface area contributed by atoms with Crippen LogP contribution in [0.1, 0.15) is 35.2 Å². The van der Waals surface area contributed by atoms with Gasteiger partial charge in [0, 0.05) is 24.2 Å². The molecule has 5 rings (SSSR count). The molecular formula is C32H32N4O6. The largest absolute Gasteiger partial charge is 0.480 e. The highest BCUT2D eigenvalue weighted by atomic mass is 16.5. The number of rotatable bonds is 12. The predicted molar refractivity (Wildman–Crippen MR) is 155 cm³/mol. The van der Waals surface area contributed by atoms with Crippen molar-refractivity contribution in [3.8, 4) is 11.1 Å². The number of hydrogen-bond donors (Lipinski definition) is 4. The number of carboxylic acids is 1. The molecule has 10 heteroatoms. The van der Waals surface area contributed by atoms with Gasteiger partial charge >= 0.3 is 12.1 Å². The molecule has 216 valence electrons. The second-order valence-electron chi connectivity index (χ2n) is 10.1. The van der Waals surface area contributed by atoms with Crippen molar-refractivity contribution in [2.24, 2.45) is 0 Å². The number of nitrogens with one attached hydrogen (secondary N) is 3. The maximum atomic E-state index is 13.4. The van der Waals surface area contributed by atoms with Crippen LogP contribution in [0.5, 0.6) is 0 Å². The van der Waals surface area contributed by atoms with Crippen molar-refractivity contribution >= 4 is 18.0 Å². The molecule has 0 saturated heterocycles. The Kier molecular flexibility index (Phi) is 8.93. The highest BCUT2D eigenvalue weighted by Gasteiger charge is 2.33. The Morgan fingerprint density at radius 2 is 1.57 bits per heavy atom. The minimum Gasteiger partial charge on any atom is -0.480 e. The van der Waals surface area contributed by atoms with Crippen LogP contribution in [0, 0.1) is 0 Å². The fourth-order valence-electron chi connectivity index (χ4n) is 5.14. The summed E-state index contributed by atoms with van der Waals surface area (Å²) in [6.45, 7) is 1.89. The van der Waals surface area contributed by atoms with Crippen LogP contribution >= 0.6 is 0 Å². The number of carboxylic acid groups (broad SMARTS) is 1. The first-order chi connectivity index (χ1) is 20.4. The standard InChI is InChI=1S/C32H32N4O6/c1-20(41-17-21-9-3-2-4-10-21)29(30(37)35-28(31(38)39)15-22-16-33-19-34-22)36-32(40)42-18-27-25-13-7-5-11-23(25)24-12-6-8-14-26(24)27/h2-14,16,19-20,27-29H,15,17-18H2,1H3,(H,33,34)(H,35,37)(H,36,40)(H,38,39)/t20-,28+,29+/m0/s1. The lowest BCUT2D eigenvalue weighted by Gasteiger charge is -2.26. The summed E-state index contributed by atoms with van der Waals surface area (Å²) < 4.78 is 11.6. The van der Waals surface area contributed by atoms with Gasteiger partial charge in [0.15, 0.2) is 0 Å². The third-order valence-electron chi connectivity index (χ3n) is 7.32. The second kappa shape index (κ2) is 13.1. The maximum absolute atomic E-state index is 13.4. The van der Waals surface area contributed by atoms with E-state index in [1.165, 1.54) is 12.5 Å². The Balaban J connectivity index is 1.28. The molecule has 1 aliphatic carbocycles. The molecule has 0 aliphatic heterocycles. The van der Waals surface area contributed by atoms with Gasteiger partial charge in [-0.3, -0.25) is 4.79 Å².